The number of benzene rings is 2. The van der Waals surface area contributed by atoms with Crippen LogP contribution in [0.4, 0.5) is 18.9 Å². The number of rotatable bonds is 4. The smallest absolute Gasteiger partial charge is 0.257 e. The van der Waals surface area contributed by atoms with Gasteiger partial charge >= 0.3 is 0 Å². The standard InChI is InChI=1S/C19H13F3N2O2/c20-14-5-2-1-4-12(14)10-24-11-13(8-9-17(24)25)19(26)23-18-15(21)6-3-7-16(18)22/h1-9,11H,10H2,(H,23,26). The molecule has 0 radical (unpaired) electrons. The number of amides is 1. The summed E-state index contributed by atoms with van der Waals surface area (Å²) in [5, 5.41) is 2.14. The lowest BCUT2D eigenvalue weighted by atomic mass is 10.2. The van der Waals surface area contributed by atoms with Crippen LogP contribution < -0.4 is 10.9 Å². The quantitative estimate of drug-likeness (QED) is 0.775. The first-order valence-corrected chi connectivity index (χ1v) is 7.65. The van der Waals surface area contributed by atoms with Crippen molar-refractivity contribution in [2.24, 2.45) is 0 Å². The summed E-state index contributed by atoms with van der Waals surface area (Å²) >= 11 is 0. The van der Waals surface area contributed by atoms with Crippen LogP contribution in [0.2, 0.25) is 0 Å². The highest BCUT2D eigenvalue weighted by molar-refractivity contribution is 6.04. The molecule has 1 amide bonds. The van der Waals surface area contributed by atoms with E-state index in [0.29, 0.717) is 0 Å². The topological polar surface area (TPSA) is 51.1 Å². The van der Waals surface area contributed by atoms with Crippen molar-refractivity contribution in [2.45, 2.75) is 6.54 Å². The molecule has 0 unspecified atom stereocenters. The molecule has 0 spiro atoms. The van der Waals surface area contributed by atoms with Gasteiger partial charge in [0.05, 0.1) is 12.1 Å². The van der Waals surface area contributed by atoms with Crippen LogP contribution in [0.3, 0.4) is 0 Å². The van der Waals surface area contributed by atoms with E-state index in [1.807, 2.05) is 0 Å². The summed E-state index contributed by atoms with van der Waals surface area (Å²) < 4.78 is 42.2. The molecule has 0 aliphatic rings. The predicted octanol–water partition coefficient (Wildman–Crippen LogP) is 3.57. The fourth-order valence-electron chi connectivity index (χ4n) is 2.40. The van der Waals surface area contributed by atoms with E-state index in [1.165, 1.54) is 36.5 Å². The summed E-state index contributed by atoms with van der Waals surface area (Å²) in [5.41, 5.74) is -0.748. The van der Waals surface area contributed by atoms with Crippen molar-refractivity contribution in [2.75, 3.05) is 5.32 Å². The van der Waals surface area contributed by atoms with Crippen LogP contribution in [0.5, 0.6) is 0 Å². The molecule has 1 aromatic heterocycles. The van der Waals surface area contributed by atoms with Crippen molar-refractivity contribution in [1.82, 2.24) is 4.57 Å². The van der Waals surface area contributed by atoms with Gasteiger partial charge in [0.1, 0.15) is 23.1 Å². The summed E-state index contributed by atoms with van der Waals surface area (Å²) in [7, 11) is 0. The molecule has 0 bridgehead atoms. The van der Waals surface area contributed by atoms with E-state index in [-0.39, 0.29) is 17.7 Å². The molecular formula is C19H13F3N2O2. The molecule has 0 saturated heterocycles. The fraction of sp³-hybridized carbons (Fsp3) is 0.0526. The molecule has 132 valence electrons. The molecule has 0 saturated carbocycles. The summed E-state index contributed by atoms with van der Waals surface area (Å²) in [6, 6.07) is 11.5. The third-order valence-corrected chi connectivity index (χ3v) is 3.75. The maximum absolute atomic E-state index is 13.8. The van der Waals surface area contributed by atoms with Crippen LogP contribution in [0.25, 0.3) is 0 Å². The van der Waals surface area contributed by atoms with Gasteiger partial charge in [0, 0.05) is 17.8 Å². The number of hydrogen-bond donors (Lipinski definition) is 1. The fourth-order valence-corrected chi connectivity index (χ4v) is 2.40. The van der Waals surface area contributed by atoms with Gasteiger partial charge in [-0.1, -0.05) is 24.3 Å². The molecule has 0 fully saturated rings. The van der Waals surface area contributed by atoms with Crippen molar-refractivity contribution in [3.63, 3.8) is 0 Å². The number of hydrogen-bond acceptors (Lipinski definition) is 2. The Morgan fingerprint density at radius 1 is 0.885 bits per heavy atom. The number of anilines is 1. The Bertz CT molecular complexity index is 1010. The van der Waals surface area contributed by atoms with Gasteiger partial charge in [0.25, 0.3) is 11.5 Å². The van der Waals surface area contributed by atoms with Gasteiger partial charge in [-0.25, -0.2) is 13.2 Å². The van der Waals surface area contributed by atoms with E-state index >= 15 is 0 Å². The van der Waals surface area contributed by atoms with Crippen LogP contribution in [-0.4, -0.2) is 10.5 Å². The maximum Gasteiger partial charge on any atom is 0.257 e. The Balaban J connectivity index is 1.88. The number of pyridine rings is 1. The van der Waals surface area contributed by atoms with Crippen molar-refractivity contribution < 1.29 is 18.0 Å². The Labute approximate surface area is 146 Å². The first kappa shape index (κ1) is 17.5. The van der Waals surface area contributed by atoms with E-state index < -0.39 is 34.6 Å². The second kappa shape index (κ2) is 7.26. The summed E-state index contributed by atoms with van der Waals surface area (Å²) in [6.45, 7) is -0.0827. The first-order valence-electron chi connectivity index (χ1n) is 7.65. The number of halogens is 3. The number of para-hydroxylation sites is 1. The number of nitrogens with zero attached hydrogens (tertiary/aromatic N) is 1. The van der Waals surface area contributed by atoms with E-state index in [4.69, 9.17) is 0 Å². The van der Waals surface area contributed by atoms with Crippen molar-refractivity contribution >= 4 is 11.6 Å². The van der Waals surface area contributed by atoms with Gasteiger partial charge in [-0.15, -0.1) is 0 Å². The zero-order chi connectivity index (χ0) is 18.7. The van der Waals surface area contributed by atoms with Crippen LogP contribution in [0.1, 0.15) is 15.9 Å². The molecule has 26 heavy (non-hydrogen) atoms. The lowest BCUT2D eigenvalue weighted by Crippen LogP contribution is -2.23. The van der Waals surface area contributed by atoms with Gasteiger partial charge < -0.3 is 9.88 Å². The van der Waals surface area contributed by atoms with Crippen molar-refractivity contribution in [1.29, 1.82) is 0 Å². The number of carbonyl (C=O) groups is 1. The van der Waals surface area contributed by atoms with Gasteiger partial charge in [0.2, 0.25) is 0 Å². The lowest BCUT2D eigenvalue weighted by molar-refractivity contribution is 0.102. The molecule has 1 N–H and O–H groups in total. The Morgan fingerprint density at radius 2 is 1.54 bits per heavy atom. The molecule has 0 aliphatic heterocycles. The van der Waals surface area contributed by atoms with Crippen molar-refractivity contribution in [3.05, 3.63) is 99.7 Å². The SMILES string of the molecule is O=C(Nc1c(F)cccc1F)c1ccc(=O)n(Cc2ccccc2F)c1. The zero-order valence-electron chi connectivity index (χ0n) is 13.4. The average molecular weight is 358 g/mol. The lowest BCUT2D eigenvalue weighted by Gasteiger charge is -2.10. The van der Waals surface area contributed by atoms with Gasteiger partial charge in [-0.3, -0.25) is 9.59 Å². The predicted molar refractivity (Wildman–Crippen MR) is 90.5 cm³/mol. The summed E-state index contributed by atoms with van der Waals surface area (Å²) in [5.74, 6) is -3.12. The minimum Gasteiger partial charge on any atom is -0.317 e. The number of aromatic nitrogens is 1. The Hall–Kier alpha value is -3.35. The summed E-state index contributed by atoms with van der Waals surface area (Å²) in [4.78, 5) is 24.2. The highest BCUT2D eigenvalue weighted by Crippen LogP contribution is 2.19. The van der Waals surface area contributed by atoms with Crippen LogP contribution in [0.15, 0.2) is 65.6 Å². The third kappa shape index (κ3) is 3.66. The second-order valence-electron chi connectivity index (χ2n) is 5.53. The van der Waals surface area contributed by atoms with Gasteiger partial charge in [-0.05, 0) is 24.3 Å². The number of nitrogens with one attached hydrogen (secondary N) is 1. The minimum atomic E-state index is -0.918. The normalized spacial score (nSPS) is 10.6. The second-order valence-corrected chi connectivity index (χ2v) is 5.53. The highest BCUT2D eigenvalue weighted by Gasteiger charge is 2.14. The molecule has 0 aliphatic carbocycles. The maximum atomic E-state index is 13.8. The monoisotopic (exact) mass is 358 g/mol. The van der Waals surface area contributed by atoms with Crippen LogP contribution >= 0.6 is 0 Å². The Morgan fingerprint density at radius 3 is 2.23 bits per heavy atom. The largest absolute Gasteiger partial charge is 0.317 e. The molecular weight excluding hydrogens is 345 g/mol. The third-order valence-electron chi connectivity index (χ3n) is 3.75. The highest BCUT2D eigenvalue weighted by atomic mass is 19.1. The zero-order valence-corrected chi connectivity index (χ0v) is 13.4. The Kier molecular flexibility index (Phi) is 4.88. The van der Waals surface area contributed by atoms with Crippen LogP contribution in [-0.2, 0) is 6.54 Å². The molecule has 1 heterocycles. The van der Waals surface area contributed by atoms with E-state index in [2.05, 4.69) is 5.32 Å². The molecule has 2 aromatic carbocycles. The first-order chi connectivity index (χ1) is 12.5. The minimum absolute atomic E-state index is 0.00333. The molecule has 7 heteroatoms. The van der Waals surface area contributed by atoms with E-state index in [1.54, 1.807) is 6.07 Å². The molecule has 4 nitrogen and oxygen atoms in total. The molecule has 3 aromatic rings. The van der Waals surface area contributed by atoms with Gasteiger partial charge in [-0.2, -0.15) is 0 Å². The van der Waals surface area contributed by atoms with Gasteiger partial charge in [0.15, 0.2) is 0 Å². The number of carbonyl (C=O) groups excluding carboxylic acids is 1. The molecule has 3 rings (SSSR count). The van der Waals surface area contributed by atoms with Crippen LogP contribution in [0, 0.1) is 17.5 Å². The average Bonchev–Trinajstić information content (AvgIpc) is 2.62. The van der Waals surface area contributed by atoms with Crippen molar-refractivity contribution in [3.8, 4) is 0 Å². The summed E-state index contributed by atoms with van der Waals surface area (Å²) in [6.07, 6.45) is 1.21. The van der Waals surface area contributed by atoms with E-state index in [9.17, 15) is 22.8 Å². The molecule has 0 atom stereocenters. The van der Waals surface area contributed by atoms with E-state index in [0.717, 1.165) is 22.8 Å².